The first-order chi connectivity index (χ1) is 6.63. The Morgan fingerprint density at radius 3 is 3.00 bits per heavy atom. The Hall–Kier alpha value is -0.770. The number of alkyl halides is 1. The van der Waals surface area contributed by atoms with Crippen LogP contribution in [0.15, 0.2) is 0 Å². The summed E-state index contributed by atoms with van der Waals surface area (Å²) in [5.74, 6) is 0.160. The van der Waals surface area contributed by atoms with Crippen molar-refractivity contribution in [2.75, 3.05) is 12.4 Å². The van der Waals surface area contributed by atoms with Crippen molar-refractivity contribution in [2.24, 2.45) is 5.92 Å². The molecule has 1 saturated heterocycles. The Labute approximate surface area is 88.4 Å². The maximum Gasteiger partial charge on any atom is 0.224 e. The van der Waals surface area contributed by atoms with Gasteiger partial charge in [-0.1, -0.05) is 6.92 Å². The second kappa shape index (κ2) is 5.20. The largest absolute Gasteiger partial charge is 0.354 e. The molecule has 1 aliphatic rings. The molecule has 4 nitrogen and oxygen atoms in total. The Kier molecular flexibility index (Phi) is 4.20. The van der Waals surface area contributed by atoms with Gasteiger partial charge in [0.1, 0.15) is 0 Å². The summed E-state index contributed by atoms with van der Waals surface area (Å²) in [6, 6.07) is 0.0916. The third kappa shape index (κ3) is 3.18. The SMILES string of the molecule is CC(CCl)C(=O)NCC1CCC(=O)N1. The van der Waals surface area contributed by atoms with Crippen LogP contribution in [0.4, 0.5) is 0 Å². The lowest BCUT2D eigenvalue weighted by molar-refractivity contribution is -0.124. The Balaban J connectivity index is 2.20. The number of hydrogen-bond donors (Lipinski definition) is 2. The highest BCUT2D eigenvalue weighted by Crippen LogP contribution is 2.05. The molecule has 2 unspecified atom stereocenters. The van der Waals surface area contributed by atoms with Crippen molar-refractivity contribution in [2.45, 2.75) is 25.8 Å². The van der Waals surface area contributed by atoms with Gasteiger partial charge in [-0.25, -0.2) is 0 Å². The van der Waals surface area contributed by atoms with Gasteiger partial charge in [0.25, 0.3) is 0 Å². The quantitative estimate of drug-likeness (QED) is 0.665. The van der Waals surface area contributed by atoms with Crippen molar-refractivity contribution < 1.29 is 9.59 Å². The van der Waals surface area contributed by atoms with Crippen LogP contribution in [0.1, 0.15) is 19.8 Å². The van der Waals surface area contributed by atoms with Crippen LogP contribution in [-0.4, -0.2) is 30.3 Å². The van der Waals surface area contributed by atoms with Gasteiger partial charge in [-0.3, -0.25) is 9.59 Å². The lowest BCUT2D eigenvalue weighted by atomic mass is 10.2. The minimum atomic E-state index is -0.172. The van der Waals surface area contributed by atoms with Gasteiger partial charge in [0.05, 0.1) is 0 Å². The van der Waals surface area contributed by atoms with Crippen LogP contribution in [0.5, 0.6) is 0 Å². The highest BCUT2D eigenvalue weighted by molar-refractivity contribution is 6.19. The van der Waals surface area contributed by atoms with Gasteiger partial charge >= 0.3 is 0 Å². The summed E-state index contributed by atoms with van der Waals surface area (Å²) in [4.78, 5) is 22.1. The maximum absolute atomic E-state index is 11.3. The molecule has 0 aromatic carbocycles. The van der Waals surface area contributed by atoms with Gasteiger partial charge in [0.2, 0.25) is 11.8 Å². The molecule has 2 N–H and O–H groups in total. The molecule has 0 saturated carbocycles. The zero-order valence-corrected chi connectivity index (χ0v) is 8.93. The molecule has 2 amide bonds. The number of nitrogens with one attached hydrogen (secondary N) is 2. The molecular formula is C9H15ClN2O2. The van der Waals surface area contributed by atoms with E-state index in [1.165, 1.54) is 0 Å². The fourth-order valence-corrected chi connectivity index (χ4v) is 1.44. The molecule has 1 heterocycles. The van der Waals surface area contributed by atoms with Crippen molar-refractivity contribution >= 4 is 23.4 Å². The van der Waals surface area contributed by atoms with E-state index in [1.807, 2.05) is 0 Å². The minimum absolute atomic E-state index is 0.0545. The standard InChI is InChI=1S/C9H15ClN2O2/c1-6(4-10)9(14)11-5-7-2-3-8(13)12-7/h6-7H,2-5H2,1H3,(H,11,14)(H,12,13). The van der Waals surface area contributed by atoms with Crippen molar-refractivity contribution in [1.82, 2.24) is 10.6 Å². The smallest absolute Gasteiger partial charge is 0.224 e. The van der Waals surface area contributed by atoms with Gasteiger partial charge in [-0.15, -0.1) is 11.6 Å². The van der Waals surface area contributed by atoms with Gasteiger partial charge < -0.3 is 10.6 Å². The highest BCUT2D eigenvalue weighted by Gasteiger charge is 2.21. The number of carbonyl (C=O) groups is 2. The highest BCUT2D eigenvalue weighted by atomic mass is 35.5. The zero-order valence-electron chi connectivity index (χ0n) is 8.18. The minimum Gasteiger partial charge on any atom is -0.354 e. The molecule has 0 radical (unpaired) electrons. The molecule has 0 spiro atoms. The van der Waals surface area contributed by atoms with Crippen LogP contribution >= 0.6 is 11.6 Å². The van der Waals surface area contributed by atoms with Crippen LogP contribution in [0.3, 0.4) is 0 Å². The van der Waals surface area contributed by atoms with Gasteiger partial charge in [-0.05, 0) is 6.42 Å². The molecule has 1 fully saturated rings. The number of amides is 2. The van der Waals surface area contributed by atoms with Crippen molar-refractivity contribution in [3.05, 3.63) is 0 Å². The number of halogens is 1. The summed E-state index contributed by atoms with van der Waals surface area (Å²) < 4.78 is 0. The predicted molar refractivity (Wildman–Crippen MR) is 54.1 cm³/mol. The monoisotopic (exact) mass is 218 g/mol. The number of rotatable bonds is 4. The second-order valence-electron chi connectivity index (χ2n) is 3.60. The summed E-state index contributed by atoms with van der Waals surface area (Å²) in [5, 5.41) is 5.54. The summed E-state index contributed by atoms with van der Waals surface area (Å²) in [6.45, 7) is 2.28. The van der Waals surface area contributed by atoms with Gasteiger partial charge in [0.15, 0.2) is 0 Å². The molecule has 0 bridgehead atoms. The molecule has 5 heteroatoms. The molecule has 1 rings (SSSR count). The fourth-order valence-electron chi connectivity index (χ4n) is 1.30. The van der Waals surface area contributed by atoms with E-state index in [-0.39, 0.29) is 23.8 Å². The van der Waals surface area contributed by atoms with E-state index in [4.69, 9.17) is 11.6 Å². The van der Waals surface area contributed by atoms with Crippen LogP contribution in [0.25, 0.3) is 0 Å². The van der Waals surface area contributed by atoms with E-state index < -0.39 is 0 Å². The fraction of sp³-hybridized carbons (Fsp3) is 0.778. The third-order valence-corrected chi connectivity index (χ3v) is 2.75. The summed E-state index contributed by atoms with van der Waals surface area (Å²) in [6.07, 6.45) is 1.36. The van der Waals surface area contributed by atoms with E-state index in [2.05, 4.69) is 10.6 Å². The van der Waals surface area contributed by atoms with Crippen LogP contribution in [0.2, 0.25) is 0 Å². The van der Waals surface area contributed by atoms with Crippen LogP contribution < -0.4 is 10.6 Å². The maximum atomic E-state index is 11.3. The average Bonchev–Trinajstić information content (AvgIpc) is 2.59. The molecule has 0 aromatic rings. The van der Waals surface area contributed by atoms with Crippen molar-refractivity contribution in [1.29, 1.82) is 0 Å². The first-order valence-corrected chi connectivity index (χ1v) is 5.30. The second-order valence-corrected chi connectivity index (χ2v) is 3.91. The van der Waals surface area contributed by atoms with Gasteiger partial charge in [-0.2, -0.15) is 0 Å². The zero-order chi connectivity index (χ0) is 10.6. The molecule has 0 aromatic heterocycles. The molecule has 1 aliphatic heterocycles. The van der Waals surface area contributed by atoms with Crippen LogP contribution in [-0.2, 0) is 9.59 Å². The Morgan fingerprint density at radius 1 is 1.79 bits per heavy atom. The van der Waals surface area contributed by atoms with Gasteiger partial charge in [0, 0.05) is 30.8 Å². The Bertz CT molecular complexity index is 233. The number of carbonyl (C=O) groups excluding carboxylic acids is 2. The average molecular weight is 219 g/mol. The van der Waals surface area contributed by atoms with Crippen molar-refractivity contribution in [3.8, 4) is 0 Å². The van der Waals surface area contributed by atoms with E-state index in [9.17, 15) is 9.59 Å². The molecular weight excluding hydrogens is 204 g/mol. The van der Waals surface area contributed by atoms with E-state index >= 15 is 0 Å². The summed E-state index contributed by atoms with van der Waals surface area (Å²) >= 11 is 5.53. The van der Waals surface area contributed by atoms with Crippen LogP contribution in [0, 0.1) is 5.92 Å². The van der Waals surface area contributed by atoms with Crippen molar-refractivity contribution in [3.63, 3.8) is 0 Å². The first kappa shape index (κ1) is 11.3. The molecule has 80 valence electrons. The topological polar surface area (TPSA) is 58.2 Å². The summed E-state index contributed by atoms with van der Waals surface area (Å²) in [5.41, 5.74) is 0. The third-order valence-electron chi connectivity index (χ3n) is 2.29. The normalized spacial score (nSPS) is 23.0. The van der Waals surface area contributed by atoms with E-state index in [1.54, 1.807) is 6.92 Å². The number of hydrogen-bond acceptors (Lipinski definition) is 2. The lowest BCUT2D eigenvalue weighted by Crippen LogP contribution is -2.40. The summed E-state index contributed by atoms with van der Waals surface area (Å²) in [7, 11) is 0. The molecule has 14 heavy (non-hydrogen) atoms. The lowest BCUT2D eigenvalue weighted by Gasteiger charge is -2.13. The van der Waals surface area contributed by atoms with E-state index in [0.29, 0.717) is 18.8 Å². The molecule has 2 atom stereocenters. The predicted octanol–water partition coefficient (Wildman–Crippen LogP) is 0.256. The van der Waals surface area contributed by atoms with E-state index in [0.717, 1.165) is 6.42 Å². The first-order valence-electron chi connectivity index (χ1n) is 4.76. The molecule has 0 aliphatic carbocycles. The Morgan fingerprint density at radius 2 is 2.50 bits per heavy atom.